The number of guanidine groups is 1. The van der Waals surface area contributed by atoms with Crippen LogP contribution in [0, 0.1) is 0 Å². The Morgan fingerprint density at radius 3 is 2.41 bits per heavy atom. The third kappa shape index (κ3) is 7.57. The summed E-state index contributed by atoms with van der Waals surface area (Å²) in [5, 5.41) is 7.16. The first-order valence-corrected chi connectivity index (χ1v) is 12.7. The van der Waals surface area contributed by atoms with Crippen LogP contribution in [0.15, 0.2) is 53.7 Å². The van der Waals surface area contributed by atoms with Crippen LogP contribution in [0.1, 0.15) is 62.6 Å². The van der Waals surface area contributed by atoms with Gasteiger partial charge < -0.3 is 15.5 Å². The van der Waals surface area contributed by atoms with Gasteiger partial charge in [-0.05, 0) is 55.9 Å². The zero-order valence-corrected chi connectivity index (χ0v) is 23.1. The van der Waals surface area contributed by atoms with Gasteiger partial charge in [-0.1, -0.05) is 43.2 Å². The normalized spacial score (nSPS) is 19.1. The quantitative estimate of drug-likeness (QED) is 0.289. The van der Waals surface area contributed by atoms with Crippen molar-refractivity contribution >= 4 is 35.8 Å². The van der Waals surface area contributed by atoms with Crippen molar-refractivity contribution in [2.45, 2.75) is 64.1 Å². The molecule has 2 fully saturated rings. The standard InChI is InChI=1S/C27H40N6.HI/c1-22(24-10-6-5-7-11-24)32-18-13-25(14-19-32)31-27(28-2)30-21-23-12-15-29-26(20-23)33-16-8-3-4-9-17-33;/h5-7,10-12,15,20,22,25H,3-4,8-9,13-14,16-19,21H2,1-2H3,(H2,28,30,31);1H. The van der Waals surface area contributed by atoms with Gasteiger partial charge in [-0.2, -0.15) is 0 Å². The molecule has 2 N–H and O–H groups in total. The van der Waals surface area contributed by atoms with Gasteiger partial charge in [-0.15, -0.1) is 24.0 Å². The summed E-state index contributed by atoms with van der Waals surface area (Å²) in [7, 11) is 1.86. The molecule has 1 atom stereocenters. The SMILES string of the molecule is CN=C(NCc1ccnc(N2CCCCCC2)c1)NC1CCN(C(C)c2ccccc2)CC1.I. The Hall–Kier alpha value is -1.87. The highest BCUT2D eigenvalue weighted by Gasteiger charge is 2.24. The molecule has 1 unspecified atom stereocenters. The molecule has 2 aliphatic heterocycles. The maximum Gasteiger partial charge on any atom is 0.191 e. The lowest BCUT2D eigenvalue weighted by atomic mass is 10.0. The number of pyridine rings is 1. The highest BCUT2D eigenvalue weighted by molar-refractivity contribution is 14.0. The monoisotopic (exact) mass is 576 g/mol. The maximum atomic E-state index is 4.64. The molecule has 0 spiro atoms. The van der Waals surface area contributed by atoms with Crippen molar-refractivity contribution in [2.75, 3.05) is 38.1 Å². The summed E-state index contributed by atoms with van der Waals surface area (Å²) in [6.45, 7) is 7.52. The molecule has 0 amide bonds. The number of piperidine rings is 1. The van der Waals surface area contributed by atoms with E-state index in [2.05, 4.69) is 79.8 Å². The van der Waals surface area contributed by atoms with Gasteiger partial charge in [0.15, 0.2) is 5.96 Å². The van der Waals surface area contributed by atoms with E-state index < -0.39 is 0 Å². The summed E-state index contributed by atoms with van der Waals surface area (Å²) in [5.74, 6) is 2.00. The van der Waals surface area contributed by atoms with Crippen LogP contribution < -0.4 is 15.5 Å². The van der Waals surface area contributed by atoms with Crippen LogP contribution in [0.2, 0.25) is 0 Å². The van der Waals surface area contributed by atoms with E-state index in [0.717, 1.165) is 57.3 Å². The fourth-order valence-corrected chi connectivity index (χ4v) is 4.99. The van der Waals surface area contributed by atoms with Crippen molar-refractivity contribution in [2.24, 2.45) is 4.99 Å². The molecule has 2 aromatic rings. The molecule has 2 aliphatic rings. The maximum absolute atomic E-state index is 4.64. The van der Waals surface area contributed by atoms with E-state index in [0.29, 0.717) is 12.1 Å². The van der Waals surface area contributed by atoms with Gasteiger partial charge in [0.1, 0.15) is 5.82 Å². The number of nitrogens with zero attached hydrogens (tertiary/aromatic N) is 4. The number of aromatic nitrogens is 1. The number of anilines is 1. The van der Waals surface area contributed by atoms with Crippen molar-refractivity contribution in [3.63, 3.8) is 0 Å². The zero-order valence-electron chi connectivity index (χ0n) is 20.7. The molecule has 0 aliphatic carbocycles. The third-order valence-corrected chi connectivity index (χ3v) is 7.12. The summed E-state index contributed by atoms with van der Waals surface area (Å²) in [4.78, 5) is 14.1. The first-order valence-electron chi connectivity index (χ1n) is 12.7. The lowest BCUT2D eigenvalue weighted by molar-refractivity contribution is 0.158. The van der Waals surface area contributed by atoms with Crippen molar-refractivity contribution in [1.82, 2.24) is 20.5 Å². The summed E-state index contributed by atoms with van der Waals surface area (Å²) in [6, 6.07) is 16.1. The lowest BCUT2D eigenvalue weighted by Gasteiger charge is -2.37. The molecular weight excluding hydrogens is 535 g/mol. The summed E-state index contributed by atoms with van der Waals surface area (Å²) in [6.07, 6.45) is 9.41. The number of benzene rings is 1. The van der Waals surface area contributed by atoms with E-state index in [1.807, 2.05) is 13.2 Å². The Morgan fingerprint density at radius 2 is 1.74 bits per heavy atom. The molecule has 0 bridgehead atoms. The van der Waals surface area contributed by atoms with Crippen LogP contribution in [-0.4, -0.2) is 55.1 Å². The highest BCUT2D eigenvalue weighted by atomic mass is 127. The average molecular weight is 577 g/mol. The second-order valence-electron chi connectivity index (χ2n) is 9.39. The molecule has 34 heavy (non-hydrogen) atoms. The van der Waals surface area contributed by atoms with Gasteiger partial charge in [0.05, 0.1) is 0 Å². The third-order valence-electron chi connectivity index (χ3n) is 7.12. The molecule has 4 rings (SSSR count). The Labute approximate surface area is 222 Å². The van der Waals surface area contributed by atoms with Crippen molar-refractivity contribution in [3.05, 3.63) is 59.8 Å². The number of nitrogens with one attached hydrogen (secondary N) is 2. The van der Waals surface area contributed by atoms with Crippen LogP contribution >= 0.6 is 24.0 Å². The van der Waals surface area contributed by atoms with Crippen LogP contribution in [-0.2, 0) is 6.54 Å². The minimum atomic E-state index is 0. The molecule has 186 valence electrons. The molecule has 1 aromatic heterocycles. The number of hydrogen-bond acceptors (Lipinski definition) is 4. The zero-order chi connectivity index (χ0) is 22.9. The van der Waals surface area contributed by atoms with E-state index >= 15 is 0 Å². The number of hydrogen-bond donors (Lipinski definition) is 2. The topological polar surface area (TPSA) is 55.8 Å². The summed E-state index contributed by atoms with van der Waals surface area (Å²) < 4.78 is 0. The number of likely N-dealkylation sites (tertiary alicyclic amines) is 1. The first-order chi connectivity index (χ1) is 16.2. The Kier molecular flexibility index (Phi) is 10.9. The van der Waals surface area contributed by atoms with E-state index in [4.69, 9.17) is 0 Å². The fraction of sp³-hybridized carbons (Fsp3) is 0.556. The highest BCUT2D eigenvalue weighted by Crippen LogP contribution is 2.24. The molecule has 0 saturated carbocycles. The van der Waals surface area contributed by atoms with E-state index in [1.54, 1.807) is 0 Å². The van der Waals surface area contributed by atoms with Crippen LogP contribution in [0.5, 0.6) is 0 Å². The molecule has 6 nitrogen and oxygen atoms in total. The van der Waals surface area contributed by atoms with E-state index in [-0.39, 0.29) is 24.0 Å². The molecule has 0 radical (unpaired) electrons. The van der Waals surface area contributed by atoms with Gasteiger partial charge in [0.2, 0.25) is 0 Å². The lowest BCUT2D eigenvalue weighted by Crippen LogP contribution is -2.48. The smallest absolute Gasteiger partial charge is 0.191 e. The van der Waals surface area contributed by atoms with E-state index in [9.17, 15) is 0 Å². The molecule has 1 aromatic carbocycles. The Balaban J connectivity index is 0.00000324. The van der Waals surface area contributed by atoms with Crippen molar-refractivity contribution < 1.29 is 0 Å². The number of rotatable bonds is 6. The molecule has 3 heterocycles. The second-order valence-corrected chi connectivity index (χ2v) is 9.39. The molecule has 2 saturated heterocycles. The minimum absolute atomic E-state index is 0. The van der Waals surface area contributed by atoms with Crippen molar-refractivity contribution in [3.8, 4) is 0 Å². The van der Waals surface area contributed by atoms with Gasteiger partial charge in [-0.3, -0.25) is 9.89 Å². The van der Waals surface area contributed by atoms with Crippen LogP contribution in [0.4, 0.5) is 5.82 Å². The van der Waals surface area contributed by atoms with Gasteiger partial charge in [0.25, 0.3) is 0 Å². The largest absolute Gasteiger partial charge is 0.357 e. The Morgan fingerprint density at radius 1 is 1.03 bits per heavy atom. The average Bonchev–Trinajstić information content (AvgIpc) is 3.17. The fourth-order valence-electron chi connectivity index (χ4n) is 4.99. The van der Waals surface area contributed by atoms with Crippen LogP contribution in [0.3, 0.4) is 0 Å². The van der Waals surface area contributed by atoms with E-state index in [1.165, 1.54) is 36.8 Å². The predicted molar refractivity (Wildman–Crippen MR) is 153 cm³/mol. The second kappa shape index (κ2) is 13.9. The predicted octanol–water partition coefficient (Wildman–Crippen LogP) is 4.97. The minimum Gasteiger partial charge on any atom is -0.357 e. The molecule has 7 heteroatoms. The first kappa shape index (κ1) is 26.7. The van der Waals surface area contributed by atoms with Crippen molar-refractivity contribution in [1.29, 1.82) is 0 Å². The van der Waals surface area contributed by atoms with Gasteiger partial charge in [0, 0.05) is 58.1 Å². The Bertz CT molecular complexity index is 874. The van der Waals surface area contributed by atoms with Gasteiger partial charge >= 0.3 is 0 Å². The summed E-state index contributed by atoms with van der Waals surface area (Å²) in [5.41, 5.74) is 2.65. The van der Waals surface area contributed by atoms with Gasteiger partial charge in [-0.25, -0.2) is 4.98 Å². The summed E-state index contributed by atoms with van der Waals surface area (Å²) >= 11 is 0. The number of halogens is 1. The van der Waals surface area contributed by atoms with Crippen LogP contribution in [0.25, 0.3) is 0 Å². The molecular formula is C27H41IN6. The number of aliphatic imine (C=N–C) groups is 1.